The van der Waals surface area contributed by atoms with Crippen molar-refractivity contribution in [2.45, 2.75) is 31.8 Å². The Balaban J connectivity index is 2.12. The van der Waals surface area contributed by atoms with Gasteiger partial charge in [0, 0.05) is 19.1 Å². The molecule has 2 atom stereocenters. The van der Waals surface area contributed by atoms with E-state index in [1.54, 1.807) is 0 Å². The van der Waals surface area contributed by atoms with Crippen LogP contribution in [0.5, 0.6) is 0 Å². The Morgan fingerprint density at radius 1 is 1.64 bits per heavy atom. The number of rotatable bonds is 0. The van der Waals surface area contributed by atoms with Crippen molar-refractivity contribution in [3.05, 3.63) is 0 Å². The Bertz CT molecular complexity index is 181. The maximum Gasteiger partial charge on any atom is 0.239 e. The summed E-state index contributed by atoms with van der Waals surface area (Å²) in [6.45, 7) is 3.92. The summed E-state index contributed by atoms with van der Waals surface area (Å²) < 4.78 is 0. The van der Waals surface area contributed by atoms with E-state index < -0.39 is 0 Å². The highest BCUT2D eigenvalue weighted by molar-refractivity contribution is 5.82. The first-order valence-electron chi connectivity index (χ1n) is 4.33. The molecule has 0 radical (unpaired) electrons. The van der Waals surface area contributed by atoms with Crippen molar-refractivity contribution in [1.29, 1.82) is 0 Å². The van der Waals surface area contributed by atoms with Crippen molar-refractivity contribution in [1.82, 2.24) is 10.2 Å². The fraction of sp³-hybridized carbons (Fsp3) is 0.875. The summed E-state index contributed by atoms with van der Waals surface area (Å²) in [4.78, 5) is 13.5. The minimum atomic E-state index is 0.0457. The second-order valence-corrected chi connectivity index (χ2v) is 3.46. The van der Waals surface area contributed by atoms with Gasteiger partial charge >= 0.3 is 0 Å². The highest BCUT2D eigenvalue weighted by Gasteiger charge is 2.35. The Labute approximate surface area is 66.8 Å². The third-order valence-corrected chi connectivity index (χ3v) is 2.69. The smallest absolute Gasteiger partial charge is 0.239 e. The summed E-state index contributed by atoms with van der Waals surface area (Å²) in [5.41, 5.74) is 0. The van der Waals surface area contributed by atoms with Crippen LogP contribution in [0.15, 0.2) is 0 Å². The van der Waals surface area contributed by atoms with Gasteiger partial charge in [0.05, 0.1) is 6.04 Å². The lowest BCUT2D eigenvalue weighted by Crippen LogP contribution is -2.56. The number of fused-ring (bicyclic) bond motifs is 1. The topological polar surface area (TPSA) is 32.3 Å². The minimum absolute atomic E-state index is 0.0457. The van der Waals surface area contributed by atoms with E-state index in [9.17, 15) is 4.79 Å². The van der Waals surface area contributed by atoms with Crippen molar-refractivity contribution >= 4 is 5.91 Å². The molecule has 0 spiro atoms. The van der Waals surface area contributed by atoms with Crippen molar-refractivity contribution in [3.8, 4) is 0 Å². The van der Waals surface area contributed by atoms with Crippen LogP contribution in [-0.4, -0.2) is 36.0 Å². The molecule has 0 aromatic carbocycles. The monoisotopic (exact) mass is 154 g/mol. The Morgan fingerprint density at radius 3 is 3.27 bits per heavy atom. The van der Waals surface area contributed by atoms with Crippen LogP contribution in [-0.2, 0) is 4.79 Å². The predicted octanol–water partition coefficient (Wildman–Crippen LogP) is -0.0309. The molecule has 2 fully saturated rings. The Kier molecular flexibility index (Phi) is 1.60. The molecule has 1 amide bonds. The number of carbonyl (C=O) groups is 1. The van der Waals surface area contributed by atoms with E-state index in [2.05, 4.69) is 5.32 Å². The Morgan fingerprint density at radius 2 is 2.45 bits per heavy atom. The molecule has 0 aromatic rings. The lowest BCUT2D eigenvalue weighted by molar-refractivity contribution is -0.136. The molecular formula is C8H14N2O. The van der Waals surface area contributed by atoms with Crippen molar-refractivity contribution < 1.29 is 4.79 Å². The van der Waals surface area contributed by atoms with Gasteiger partial charge in [0.15, 0.2) is 0 Å². The van der Waals surface area contributed by atoms with Crippen LogP contribution in [0, 0.1) is 0 Å². The van der Waals surface area contributed by atoms with Gasteiger partial charge in [0.25, 0.3) is 0 Å². The van der Waals surface area contributed by atoms with E-state index in [4.69, 9.17) is 0 Å². The second-order valence-electron chi connectivity index (χ2n) is 3.46. The van der Waals surface area contributed by atoms with E-state index in [-0.39, 0.29) is 6.04 Å². The zero-order chi connectivity index (χ0) is 7.84. The number of nitrogens with zero attached hydrogens (tertiary/aromatic N) is 1. The highest BCUT2D eigenvalue weighted by atomic mass is 16.2. The second kappa shape index (κ2) is 2.48. The van der Waals surface area contributed by atoms with Gasteiger partial charge in [-0.05, 0) is 19.8 Å². The summed E-state index contributed by atoms with van der Waals surface area (Å²) >= 11 is 0. The molecule has 2 unspecified atom stereocenters. The maximum absolute atomic E-state index is 11.5. The molecule has 0 bridgehead atoms. The molecule has 2 heterocycles. The fourth-order valence-electron chi connectivity index (χ4n) is 1.99. The van der Waals surface area contributed by atoms with Crippen molar-refractivity contribution in [3.63, 3.8) is 0 Å². The van der Waals surface area contributed by atoms with E-state index in [0.29, 0.717) is 11.9 Å². The summed E-state index contributed by atoms with van der Waals surface area (Å²) in [7, 11) is 0. The molecule has 2 aliphatic rings. The quantitative estimate of drug-likeness (QED) is 0.531. The molecule has 3 nitrogen and oxygen atoms in total. The Hall–Kier alpha value is -0.570. The first kappa shape index (κ1) is 7.10. The minimum Gasteiger partial charge on any atom is -0.337 e. The van der Waals surface area contributed by atoms with Gasteiger partial charge in [-0.1, -0.05) is 0 Å². The molecule has 2 saturated heterocycles. The molecule has 2 rings (SSSR count). The third kappa shape index (κ3) is 1.03. The first-order chi connectivity index (χ1) is 5.29. The van der Waals surface area contributed by atoms with E-state index in [1.165, 1.54) is 12.8 Å². The molecule has 2 aliphatic heterocycles. The average molecular weight is 154 g/mol. The zero-order valence-electron chi connectivity index (χ0n) is 6.84. The van der Waals surface area contributed by atoms with Crippen LogP contribution in [0.3, 0.4) is 0 Å². The largest absolute Gasteiger partial charge is 0.337 e. The SMILES string of the molecule is CC1NCC2CCCN2C1=O. The van der Waals surface area contributed by atoms with Crippen LogP contribution in [0.1, 0.15) is 19.8 Å². The number of amides is 1. The highest BCUT2D eigenvalue weighted by Crippen LogP contribution is 2.20. The summed E-state index contributed by atoms with van der Waals surface area (Å²) in [5, 5.41) is 3.21. The van der Waals surface area contributed by atoms with Crippen LogP contribution < -0.4 is 5.32 Å². The van der Waals surface area contributed by atoms with Gasteiger partial charge in [-0.25, -0.2) is 0 Å². The van der Waals surface area contributed by atoms with Gasteiger partial charge in [-0.2, -0.15) is 0 Å². The average Bonchev–Trinajstić information content (AvgIpc) is 2.45. The molecule has 3 heteroatoms. The number of hydrogen-bond donors (Lipinski definition) is 1. The van der Waals surface area contributed by atoms with E-state index in [1.807, 2.05) is 11.8 Å². The molecule has 62 valence electrons. The zero-order valence-corrected chi connectivity index (χ0v) is 6.84. The summed E-state index contributed by atoms with van der Waals surface area (Å²) in [6.07, 6.45) is 2.37. The van der Waals surface area contributed by atoms with Gasteiger partial charge in [-0.15, -0.1) is 0 Å². The molecule has 0 aromatic heterocycles. The van der Waals surface area contributed by atoms with Crippen molar-refractivity contribution in [2.24, 2.45) is 0 Å². The standard InChI is InChI=1S/C8H14N2O/c1-6-8(11)10-4-2-3-7(10)5-9-6/h6-7,9H,2-5H2,1H3. The van der Waals surface area contributed by atoms with Gasteiger partial charge in [0.1, 0.15) is 0 Å². The van der Waals surface area contributed by atoms with Crippen LogP contribution in [0.2, 0.25) is 0 Å². The van der Waals surface area contributed by atoms with Crippen LogP contribution in [0.25, 0.3) is 0 Å². The molecular weight excluding hydrogens is 140 g/mol. The van der Waals surface area contributed by atoms with Gasteiger partial charge < -0.3 is 10.2 Å². The van der Waals surface area contributed by atoms with Crippen LogP contribution >= 0.6 is 0 Å². The number of nitrogens with one attached hydrogen (secondary N) is 1. The molecule has 11 heavy (non-hydrogen) atoms. The van der Waals surface area contributed by atoms with Crippen LogP contribution in [0.4, 0.5) is 0 Å². The maximum atomic E-state index is 11.5. The summed E-state index contributed by atoms with van der Waals surface area (Å²) in [6, 6.07) is 0.544. The van der Waals surface area contributed by atoms with E-state index in [0.717, 1.165) is 13.1 Å². The lowest BCUT2D eigenvalue weighted by atomic mass is 10.1. The summed E-state index contributed by atoms with van der Waals surface area (Å²) in [5.74, 6) is 0.291. The first-order valence-corrected chi connectivity index (χ1v) is 4.33. The number of hydrogen-bond acceptors (Lipinski definition) is 2. The van der Waals surface area contributed by atoms with Crippen molar-refractivity contribution in [2.75, 3.05) is 13.1 Å². The van der Waals surface area contributed by atoms with Gasteiger partial charge in [0.2, 0.25) is 5.91 Å². The third-order valence-electron chi connectivity index (χ3n) is 2.69. The van der Waals surface area contributed by atoms with E-state index >= 15 is 0 Å². The predicted molar refractivity (Wildman–Crippen MR) is 42.2 cm³/mol. The lowest BCUT2D eigenvalue weighted by Gasteiger charge is -2.33. The molecule has 0 saturated carbocycles. The number of piperazine rings is 1. The van der Waals surface area contributed by atoms with Gasteiger partial charge in [-0.3, -0.25) is 4.79 Å². The molecule has 0 aliphatic carbocycles. The molecule has 1 N–H and O–H groups in total. The normalized spacial score (nSPS) is 37.5. The number of carbonyl (C=O) groups excluding carboxylic acids is 1. The fourth-order valence-corrected chi connectivity index (χ4v) is 1.99.